The first-order chi connectivity index (χ1) is 8.30. The zero-order chi connectivity index (χ0) is 13.7. The standard InChI is InChI=1S/C13H17N3O2/c1-8-13(2,3)10-5-9(7-14)11(16(17)18)6-12(10)15(8)4/h5-6H,1,7,14H2,2-4H3/p+1. The molecule has 0 saturated heterocycles. The second kappa shape index (κ2) is 3.81. The number of benzene rings is 1. The maximum Gasteiger partial charge on any atom is 0.280 e. The Kier molecular flexibility index (Phi) is 2.66. The van der Waals surface area contributed by atoms with E-state index in [0.29, 0.717) is 12.1 Å². The van der Waals surface area contributed by atoms with Crippen LogP contribution in [0, 0.1) is 10.1 Å². The Morgan fingerprint density at radius 1 is 1.50 bits per heavy atom. The highest BCUT2D eigenvalue weighted by molar-refractivity contribution is 5.73. The van der Waals surface area contributed by atoms with Gasteiger partial charge in [0.2, 0.25) is 0 Å². The van der Waals surface area contributed by atoms with Gasteiger partial charge in [0.15, 0.2) is 0 Å². The van der Waals surface area contributed by atoms with Gasteiger partial charge in [0.25, 0.3) is 5.69 Å². The van der Waals surface area contributed by atoms with Gasteiger partial charge >= 0.3 is 0 Å². The van der Waals surface area contributed by atoms with E-state index in [1.165, 1.54) is 0 Å². The van der Waals surface area contributed by atoms with Crippen LogP contribution in [0.4, 0.5) is 11.4 Å². The lowest BCUT2D eigenvalue weighted by atomic mass is 9.83. The van der Waals surface area contributed by atoms with E-state index in [0.717, 1.165) is 16.9 Å². The van der Waals surface area contributed by atoms with Crippen LogP contribution in [-0.2, 0) is 12.0 Å². The number of rotatable bonds is 2. The van der Waals surface area contributed by atoms with E-state index in [1.54, 1.807) is 6.07 Å². The first-order valence-corrected chi connectivity index (χ1v) is 5.84. The molecule has 1 aliphatic rings. The Hall–Kier alpha value is -1.88. The number of quaternary nitrogens is 1. The van der Waals surface area contributed by atoms with Crippen molar-refractivity contribution in [2.24, 2.45) is 0 Å². The number of hydrogen-bond acceptors (Lipinski definition) is 3. The van der Waals surface area contributed by atoms with Crippen molar-refractivity contribution in [1.82, 2.24) is 0 Å². The predicted molar refractivity (Wildman–Crippen MR) is 70.3 cm³/mol. The van der Waals surface area contributed by atoms with Crippen molar-refractivity contribution >= 4 is 11.4 Å². The van der Waals surface area contributed by atoms with Gasteiger partial charge in [0.05, 0.1) is 16.2 Å². The fraction of sp³-hybridized carbons (Fsp3) is 0.385. The maximum absolute atomic E-state index is 11.1. The second-order valence-corrected chi connectivity index (χ2v) is 5.14. The maximum atomic E-state index is 11.1. The lowest BCUT2D eigenvalue weighted by Gasteiger charge is -2.22. The van der Waals surface area contributed by atoms with Crippen LogP contribution in [0.5, 0.6) is 0 Å². The number of nitrogens with zero attached hydrogens (tertiary/aromatic N) is 2. The van der Waals surface area contributed by atoms with Gasteiger partial charge in [-0.15, -0.1) is 0 Å². The average Bonchev–Trinajstić information content (AvgIpc) is 2.49. The molecular weight excluding hydrogens is 230 g/mol. The molecular formula is C13H18N3O2+. The lowest BCUT2D eigenvalue weighted by molar-refractivity contribution is -0.403. The Bertz CT molecular complexity index is 549. The summed E-state index contributed by atoms with van der Waals surface area (Å²) >= 11 is 0. The summed E-state index contributed by atoms with van der Waals surface area (Å²) in [6, 6.07) is 3.53. The number of hydrogen-bond donors (Lipinski definition) is 1. The van der Waals surface area contributed by atoms with E-state index in [9.17, 15) is 10.1 Å². The van der Waals surface area contributed by atoms with Gasteiger partial charge in [-0.05, 0) is 11.6 Å². The van der Waals surface area contributed by atoms with Crippen molar-refractivity contribution < 1.29 is 10.7 Å². The van der Waals surface area contributed by atoms with E-state index < -0.39 is 0 Å². The van der Waals surface area contributed by atoms with Crippen molar-refractivity contribution in [2.75, 3.05) is 11.9 Å². The molecule has 0 spiro atoms. The molecule has 1 heterocycles. The van der Waals surface area contributed by atoms with E-state index in [1.807, 2.05) is 18.0 Å². The van der Waals surface area contributed by atoms with Crippen molar-refractivity contribution in [1.29, 1.82) is 0 Å². The third kappa shape index (κ3) is 1.51. The third-order valence-electron chi connectivity index (χ3n) is 3.82. The minimum absolute atomic E-state index is 0.140. The quantitative estimate of drug-likeness (QED) is 0.637. The molecule has 0 bridgehead atoms. The molecule has 0 saturated carbocycles. The summed E-state index contributed by atoms with van der Waals surface area (Å²) in [5.74, 6) is 0. The summed E-state index contributed by atoms with van der Waals surface area (Å²) in [5.41, 5.74) is 7.30. The molecule has 0 fully saturated rings. The van der Waals surface area contributed by atoms with Crippen molar-refractivity contribution in [3.63, 3.8) is 0 Å². The molecule has 5 nitrogen and oxygen atoms in total. The minimum atomic E-state index is -0.345. The van der Waals surface area contributed by atoms with Gasteiger partial charge in [0.1, 0.15) is 6.54 Å². The molecule has 0 aromatic heterocycles. The Morgan fingerprint density at radius 2 is 2.11 bits per heavy atom. The molecule has 1 aromatic carbocycles. The van der Waals surface area contributed by atoms with Crippen molar-refractivity contribution in [3.8, 4) is 0 Å². The summed E-state index contributed by atoms with van der Waals surface area (Å²) in [6.07, 6.45) is 0. The van der Waals surface area contributed by atoms with Crippen LogP contribution in [0.3, 0.4) is 0 Å². The topological polar surface area (TPSA) is 74.0 Å². The molecule has 2 rings (SSSR count). The van der Waals surface area contributed by atoms with Gasteiger partial charge in [-0.1, -0.05) is 20.4 Å². The first kappa shape index (κ1) is 12.6. The third-order valence-corrected chi connectivity index (χ3v) is 3.82. The Labute approximate surface area is 106 Å². The smallest absolute Gasteiger partial charge is 0.280 e. The number of likely N-dealkylation sites (N-methyl/N-ethyl adjacent to an activating group) is 1. The lowest BCUT2D eigenvalue weighted by Crippen LogP contribution is -2.47. The van der Waals surface area contributed by atoms with Crippen LogP contribution in [0.2, 0.25) is 0 Å². The van der Waals surface area contributed by atoms with Crippen LogP contribution in [0.1, 0.15) is 25.0 Å². The highest BCUT2D eigenvalue weighted by Gasteiger charge is 2.39. The molecule has 0 atom stereocenters. The fourth-order valence-electron chi connectivity index (χ4n) is 2.49. The van der Waals surface area contributed by atoms with Crippen LogP contribution in [0.25, 0.3) is 0 Å². The van der Waals surface area contributed by atoms with E-state index in [2.05, 4.69) is 26.2 Å². The molecule has 0 radical (unpaired) electrons. The van der Waals surface area contributed by atoms with Gasteiger partial charge in [0, 0.05) is 24.2 Å². The molecule has 3 N–H and O–H groups in total. The number of nitro groups is 1. The fourth-order valence-corrected chi connectivity index (χ4v) is 2.49. The molecule has 5 heteroatoms. The summed E-state index contributed by atoms with van der Waals surface area (Å²) in [7, 11) is 1.89. The van der Waals surface area contributed by atoms with Crippen molar-refractivity contribution in [2.45, 2.75) is 25.8 Å². The highest BCUT2D eigenvalue weighted by atomic mass is 16.6. The van der Waals surface area contributed by atoms with E-state index in [-0.39, 0.29) is 16.0 Å². The molecule has 0 amide bonds. The van der Waals surface area contributed by atoms with Gasteiger partial charge < -0.3 is 10.6 Å². The molecule has 1 aromatic rings. The zero-order valence-corrected chi connectivity index (χ0v) is 11.0. The number of anilines is 1. The zero-order valence-electron chi connectivity index (χ0n) is 11.0. The van der Waals surface area contributed by atoms with Crippen molar-refractivity contribution in [3.05, 3.63) is 45.6 Å². The SMILES string of the molecule is C=C1N(C)c2cc([N+](=O)[O-])c(C[NH3+])cc2C1(C)C. The normalized spacial score (nSPS) is 16.9. The molecule has 18 heavy (non-hydrogen) atoms. The molecule has 0 unspecified atom stereocenters. The summed E-state index contributed by atoms with van der Waals surface area (Å²) in [5, 5.41) is 11.1. The Balaban J connectivity index is 2.73. The second-order valence-electron chi connectivity index (χ2n) is 5.14. The van der Waals surface area contributed by atoms with Crippen LogP contribution in [0.15, 0.2) is 24.4 Å². The monoisotopic (exact) mass is 248 g/mol. The van der Waals surface area contributed by atoms with Crippen LogP contribution >= 0.6 is 0 Å². The molecule has 1 aliphatic heterocycles. The Morgan fingerprint density at radius 3 is 2.61 bits per heavy atom. The summed E-state index contributed by atoms with van der Waals surface area (Å²) in [6.45, 7) is 8.65. The average molecular weight is 248 g/mol. The number of nitro benzene ring substituents is 1. The van der Waals surface area contributed by atoms with Gasteiger partial charge in [-0.3, -0.25) is 10.1 Å². The van der Waals surface area contributed by atoms with E-state index >= 15 is 0 Å². The predicted octanol–water partition coefficient (Wildman–Crippen LogP) is 1.58. The number of fused-ring (bicyclic) bond motifs is 1. The summed E-state index contributed by atoms with van der Waals surface area (Å²) in [4.78, 5) is 12.6. The van der Waals surface area contributed by atoms with E-state index in [4.69, 9.17) is 0 Å². The summed E-state index contributed by atoms with van der Waals surface area (Å²) < 4.78 is 0. The molecule has 0 aliphatic carbocycles. The minimum Gasteiger partial charge on any atom is -0.354 e. The largest absolute Gasteiger partial charge is 0.354 e. The van der Waals surface area contributed by atoms with Gasteiger partial charge in [-0.2, -0.15) is 0 Å². The van der Waals surface area contributed by atoms with Gasteiger partial charge in [-0.25, -0.2) is 0 Å². The first-order valence-electron chi connectivity index (χ1n) is 5.84. The van der Waals surface area contributed by atoms with Crippen LogP contribution < -0.4 is 10.6 Å². The molecule has 96 valence electrons. The number of allylic oxidation sites excluding steroid dienone is 1. The highest BCUT2D eigenvalue weighted by Crippen LogP contribution is 2.48. The van der Waals surface area contributed by atoms with Crippen LogP contribution in [-0.4, -0.2) is 12.0 Å².